The zero-order chi connectivity index (χ0) is 16.0. The normalized spacial score (nSPS) is 12.5. The van der Waals surface area contributed by atoms with Crippen molar-refractivity contribution in [2.75, 3.05) is 12.8 Å². The molecule has 0 fully saturated rings. The maximum atomic E-state index is 11.9. The van der Waals surface area contributed by atoms with E-state index in [2.05, 4.69) is 10.4 Å². The predicted octanol–water partition coefficient (Wildman–Crippen LogP) is 0.564. The number of nitrogens with zero attached hydrogens (tertiary/aromatic N) is 2. The number of carbonyl (C=O) groups is 1. The minimum Gasteiger partial charge on any atom is -0.367 e. The molecule has 3 N–H and O–H groups in total. The number of rotatable bonds is 5. The summed E-state index contributed by atoms with van der Waals surface area (Å²) < 4.78 is 24.1. The highest BCUT2D eigenvalue weighted by atomic mass is 32.2. The summed E-state index contributed by atoms with van der Waals surface area (Å²) in [7, 11) is -3.67. The van der Waals surface area contributed by atoms with Gasteiger partial charge in [0.1, 0.15) is 0 Å². The second-order valence-corrected chi connectivity index (χ2v) is 6.76. The van der Waals surface area contributed by atoms with Crippen LogP contribution in [0.1, 0.15) is 24.2 Å². The van der Waals surface area contributed by atoms with E-state index in [9.17, 15) is 13.2 Å². The lowest BCUT2D eigenvalue weighted by molar-refractivity contribution is 0.100. The lowest BCUT2D eigenvalue weighted by Crippen LogP contribution is -2.51. The van der Waals surface area contributed by atoms with Gasteiger partial charge in [-0.25, -0.2) is 13.8 Å². The van der Waals surface area contributed by atoms with Crippen LogP contribution in [0.3, 0.4) is 0 Å². The number of hydrogen-bond acceptors (Lipinski definition) is 4. The van der Waals surface area contributed by atoms with Crippen LogP contribution in [-0.2, 0) is 10.0 Å². The lowest BCUT2D eigenvalue weighted by atomic mass is 10.2. The van der Waals surface area contributed by atoms with Crippen LogP contribution in [-0.4, -0.2) is 37.5 Å². The van der Waals surface area contributed by atoms with Crippen molar-refractivity contribution in [1.29, 1.82) is 0 Å². The Labute approximate surface area is 124 Å². The minimum absolute atomic E-state index is 0.201. The molecule has 1 aromatic rings. The fraction of sp³-hybridized carbons (Fsp3) is 0.385. The number of hydrazine groups is 1. The van der Waals surface area contributed by atoms with Gasteiger partial charge in [-0.1, -0.05) is 32.0 Å². The Morgan fingerprint density at radius 1 is 1.33 bits per heavy atom. The van der Waals surface area contributed by atoms with Crippen molar-refractivity contribution in [3.63, 3.8) is 0 Å². The van der Waals surface area contributed by atoms with E-state index >= 15 is 0 Å². The number of hydrogen-bond donors (Lipinski definition) is 2. The molecule has 0 aromatic heterocycles. The van der Waals surface area contributed by atoms with Gasteiger partial charge in [0.25, 0.3) is 5.91 Å². The zero-order valence-electron chi connectivity index (χ0n) is 12.3. The molecular formula is C13H20N4O3S. The lowest BCUT2D eigenvalue weighted by Gasteiger charge is -2.22. The van der Waals surface area contributed by atoms with Crippen molar-refractivity contribution in [3.8, 4) is 0 Å². The monoisotopic (exact) mass is 312 g/mol. The van der Waals surface area contributed by atoms with E-state index in [4.69, 9.17) is 5.73 Å². The van der Waals surface area contributed by atoms with E-state index < -0.39 is 21.9 Å². The molecule has 1 aromatic carbocycles. The number of guanidine groups is 1. The number of carbonyl (C=O) groups excluding carboxylic acids is 1. The fourth-order valence-corrected chi connectivity index (χ4v) is 2.12. The second-order valence-electron chi connectivity index (χ2n) is 4.92. The van der Waals surface area contributed by atoms with Gasteiger partial charge < -0.3 is 5.73 Å². The topological polar surface area (TPSA) is 105 Å². The molecule has 7 nitrogen and oxygen atoms in total. The second kappa shape index (κ2) is 7.19. The van der Waals surface area contributed by atoms with E-state index in [1.807, 2.05) is 13.8 Å². The summed E-state index contributed by atoms with van der Waals surface area (Å²) in [5.41, 5.74) is 8.63. The highest BCUT2D eigenvalue weighted by Gasteiger charge is 2.20. The van der Waals surface area contributed by atoms with E-state index in [-0.39, 0.29) is 5.92 Å². The third-order valence-electron chi connectivity index (χ3n) is 2.42. The van der Waals surface area contributed by atoms with Gasteiger partial charge in [-0.15, -0.1) is 0 Å². The van der Waals surface area contributed by atoms with Crippen LogP contribution < -0.4 is 11.2 Å². The van der Waals surface area contributed by atoms with Gasteiger partial charge >= 0.3 is 0 Å². The van der Waals surface area contributed by atoms with Gasteiger partial charge in [-0.05, 0) is 18.1 Å². The van der Waals surface area contributed by atoms with Crippen LogP contribution in [0.2, 0.25) is 0 Å². The smallest absolute Gasteiger partial charge is 0.280 e. The van der Waals surface area contributed by atoms with Crippen LogP contribution >= 0.6 is 0 Å². The molecule has 116 valence electrons. The van der Waals surface area contributed by atoms with Gasteiger partial charge in [-0.2, -0.15) is 9.41 Å². The van der Waals surface area contributed by atoms with Crippen LogP contribution in [0.5, 0.6) is 0 Å². The summed E-state index contributed by atoms with van der Waals surface area (Å²) in [6, 6.07) is 8.28. The predicted molar refractivity (Wildman–Crippen MR) is 81.9 cm³/mol. The van der Waals surface area contributed by atoms with Crippen molar-refractivity contribution in [3.05, 3.63) is 35.9 Å². The highest BCUT2D eigenvalue weighted by molar-refractivity contribution is 7.88. The van der Waals surface area contributed by atoms with Crippen molar-refractivity contribution in [2.45, 2.75) is 13.8 Å². The third kappa shape index (κ3) is 5.52. The summed E-state index contributed by atoms with van der Waals surface area (Å²) in [5, 5.41) is 0. The number of nitrogens with two attached hydrogens (primary N) is 1. The minimum atomic E-state index is -3.67. The van der Waals surface area contributed by atoms with Crippen molar-refractivity contribution < 1.29 is 13.2 Å². The van der Waals surface area contributed by atoms with Crippen molar-refractivity contribution in [1.82, 2.24) is 9.84 Å². The summed E-state index contributed by atoms with van der Waals surface area (Å²) in [6.45, 7) is 4.20. The van der Waals surface area contributed by atoms with E-state index in [1.54, 1.807) is 30.3 Å². The van der Waals surface area contributed by atoms with Gasteiger partial charge in [-0.3, -0.25) is 4.79 Å². The largest absolute Gasteiger partial charge is 0.367 e. The molecule has 0 aliphatic rings. The Morgan fingerprint density at radius 3 is 2.38 bits per heavy atom. The average Bonchev–Trinajstić information content (AvgIpc) is 2.37. The quantitative estimate of drug-likeness (QED) is 0.470. The Bertz CT molecular complexity index is 612. The maximum absolute atomic E-state index is 11.9. The molecule has 0 spiro atoms. The molecule has 0 radical (unpaired) electrons. The third-order valence-corrected chi connectivity index (χ3v) is 3.40. The molecule has 0 aliphatic carbocycles. The Kier molecular flexibility index (Phi) is 5.86. The first-order valence-corrected chi connectivity index (χ1v) is 8.24. The van der Waals surface area contributed by atoms with Crippen LogP contribution in [0.25, 0.3) is 0 Å². The molecule has 1 amide bonds. The molecule has 0 saturated heterocycles. The summed E-state index contributed by atoms with van der Waals surface area (Å²) >= 11 is 0. The van der Waals surface area contributed by atoms with Gasteiger partial charge in [0.05, 0.1) is 6.26 Å². The van der Waals surface area contributed by atoms with Crippen LogP contribution in [0.4, 0.5) is 0 Å². The summed E-state index contributed by atoms with van der Waals surface area (Å²) in [6.07, 6.45) is 0.982. The average molecular weight is 312 g/mol. The highest BCUT2D eigenvalue weighted by Crippen LogP contribution is 2.02. The summed E-state index contributed by atoms with van der Waals surface area (Å²) in [5.74, 6) is -0.813. The molecule has 0 bridgehead atoms. The molecular weight excluding hydrogens is 292 g/mol. The summed E-state index contributed by atoms with van der Waals surface area (Å²) in [4.78, 5) is 15.5. The van der Waals surface area contributed by atoms with Gasteiger partial charge in [0, 0.05) is 12.1 Å². The van der Waals surface area contributed by atoms with Gasteiger partial charge in [0.2, 0.25) is 16.0 Å². The first-order valence-electron chi connectivity index (χ1n) is 6.39. The van der Waals surface area contributed by atoms with Crippen molar-refractivity contribution >= 4 is 21.9 Å². The van der Waals surface area contributed by atoms with Crippen molar-refractivity contribution in [2.24, 2.45) is 16.6 Å². The first kappa shape index (κ1) is 17.1. The van der Waals surface area contributed by atoms with E-state index in [1.165, 1.54) is 0 Å². The number of benzene rings is 1. The molecule has 0 aliphatic heterocycles. The number of amides is 1. The SMILES string of the molecule is CC(C)CNN(C(N)=NC(=O)c1ccccc1)S(C)(=O)=O. The molecule has 8 heteroatoms. The van der Waals surface area contributed by atoms with E-state index in [0.29, 0.717) is 16.5 Å². The van der Waals surface area contributed by atoms with E-state index in [0.717, 1.165) is 6.26 Å². The number of sulfonamides is 1. The van der Waals surface area contributed by atoms with Crippen LogP contribution in [0.15, 0.2) is 35.3 Å². The molecule has 0 atom stereocenters. The number of aliphatic imine (C=N–C) groups is 1. The van der Waals surface area contributed by atoms with Gasteiger partial charge in [0.15, 0.2) is 0 Å². The molecule has 0 saturated carbocycles. The molecule has 0 unspecified atom stereocenters. The molecule has 0 heterocycles. The Morgan fingerprint density at radius 2 is 1.90 bits per heavy atom. The first-order chi connectivity index (χ1) is 9.71. The Balaban J connectivity index is 2.97. The standard InChI is InChI=1S/C13H20N4O3S/c1-10(2)9-15-17(21(3,19)20)13(14)16-12(18)11-7-5-4-6-8-11/h4-8,10,15H,9H2,1-3H3,(H2,14,16,18). The molecule has 1 rings (SSSR count). The Hall–Kier alpha value is -1.93. The fourth-order valence-electron chi connectivity index (χ4n) is 1.43. The molecule has 21 heavy (non-hydrogen) atoms. The maximum Gasteiger partial charge on any atom is 0.280 e. The zero-order valence-corrected chi connectivity index (χ0v) is 13.1. The van der Waals surface area contributed by atoms with Crippen LogP contribution in [0, 0.1) is 5.92 Å². The number of nitrogens with one attached hydrogen (secondary N) is 1.